The van der Waals surface area contributed by atoms with E-state index >= 15 is 0 Å². The fraction of sp³-hybridized carbons (Fsp3) is 0.263. The van der Waals surface area contributed by atoms with Gasteiger partial charge >= 0.3 is 6.61 Å². The van der Waals surface area contributed by atoms with Gasteiger partial charge in [-0.2, -0.15) is 8.78 Å². The van der Waals surface area contributed by atoms with Crippen molar-refractivity contribution in [2.75, 3.05) is 14.2 Å². The van der Waals surface area contributed by atoms with Crippen molar-refractivity contribution in [3.05, 3.63) is 63.2 Å². The molecule has 28 heavy (non-hydrogen) atoms. The highest BCUT2D eigenvalue weighted by molar-refractivity contribution is 6.31. The molecule has 0 amide bonds. The van der Waals surface area contributed by atoms with E-state index in [1.807, 2.05) is 11.9 Å². The average molecular weight is 410 g/mol. The highest BCUT2D eigenvalue weighted by atomic mass is 35.5. The number of aromatic nitrogens is 2. The minimum atomic E-state index is -2.92. The van der Waals surface area contributed by atoms with Crippen molar-refractivity contribution in [1.82, 2.24) is 14.9 Å². The first kappa shape index (κ1) is 20.0. The predicted octanol–water partition coefficient (Wildman–Crippen LogP) is 3.82. The molecule has 3 aromatic rings. The zero-order chi connectivity index (χ0) is 20.3. The smallest absolute Gasteiger partial charge is 0.387 e. The number of aromatic amines is 1. The minimum Gasteiger partial charge on any atom is -0.493 e. The minimum absolute atomic E-state index is 0.0266. The van der Waals surface area contributed by atoms with Crippen LogP contribution in [0.5, 0.6) is 11.5 Å². The van der Waals surface area contributed by atoms with Gasteiger partial charge in [0.05, 0.1) is 24.6 Å². The Balaban J connectivity index is 1.76. The van der Waals surface area contributed by atoms with Crippen molar-refractivity contribution in [2.24, 2.45) is 0 Å². The fourth-order valence-electron chi connectivity index (χ4n) is 2.86. The number of fused-ring (bicyclic) bond motifs is 1. The number of alkyl halides is 2. The number of halogens is 3. The standard InChI is InChI=1S/C19H18ClF2N3O3/c1-25(9-11-3-6-15(28-19(21)22)16(7-11)27-2)10-17-23-14-8-12(20)4-5-13(14)18(26)24-17/h3-8,19H,9-10H2,1-2H3,(H,23,24,26). The van der Waals surface area contributed by atoms with Crippen LogP contribution in [0.2, 0.25) is 5.02 Å². The van der Waals surface area contributed by atoms with Crippen LogP contribution >= 0.6 is 11.6 Å². The third-order valence-corrected chi connectivity index (χ3v) is 4.27. The molecular weight excluding hydrogens is 392 g/mol. The lowest BCUT2D eigenvalue weighted by atomic mass is 10.2. The summed E-state index contributed by atoms with van der Waals surface area (Å²) in [4.78, 5) is 21.3. The monoisotopic (exact) mass is 409 g/mol. The highest BCUT2D eigenvalue weighted by Gasteiger charge is 2.13. The van der Waals surface area contributed by atoms with Gasteiger partial charge in [0.1, 0.15) is 5.82 Å². The summed E-state index contributed by atoms with van der Waals surface area (Å²) < 4.78 is 34.4. The zero-order valence-corrected chi connectivity index (χ0v) is 16.0. The molecule has 1 aromatic heterocycles. The van der Waals surface area contributed by atoms with Gasteiger partial charge in [-0.05, 0) is 42.9 Å². The second-order valence-corrected chi connectivity index (χ2v) is 6.65. The van der Waals surface area contributed by atoms with E-state index in [1.54, 1.807) is 30.3 Å². The number of ether oxygens (including phenoxy) is 2. The van der Waals surface area contributed by atoms with Crippen LogP contribution < -0.4 is 15.0 Å². The number of benzene rings is 2. The summed E-state index contributed by atoms with van der Waals surface area (Å²) in [5.74, 6) is 0.686. The third kappa shape index (κ3) is 4.76. The lowest BCUT2D eigenvalue weighted by molar-refractivity contribution is -0.0512. The average Bonchev–Trinajstić information content (AvgIpc) is 2.62. The van der Waals surface area contributed by atoms with Crippen LogP contribution in [0.4, 0.5) is 8.78 Å². The van der Waals surface area contributed by atoms with E-state index in [1.165, 1.54) is 13.2 Å². The van der Waals surface area contributed by atoms with Gasteiger partial charge < -0.3 is 14.5 Å². The summed E-state index contributed by atoms with van der Waals surface area (Å²) in [6, 6.07) is 9.65. The Morgan fingerprint density at radius 1 is 1.18 bits per heavy atom. The van der Waals surface area contributed by atoms with Crippen LogP contribution in [0.1, 0.15) is 11.4 Å². The molecule has 0 saturated heterocycles. The number of H-pyrrole nitrogens is 1. The second-order valence-electron chi connectivity index (χ2n) is 6.21. The first-order valence-electron chi connectivity index (χ1n) is 8.34. The van der Waals surface area contributed by atoms with Crippen molar-refractivity contribution >= 4 is 22.5 Å². The van der Waals surface area contributed by atoms with E-state index in [2.05, 4.69) is 14.7 Å². The Labute approximate surface area is 164 Å². The van der Waals surface area contributed by atoms with Gasteiger partial charge in [0.2, 0.25) is 0 Å². The van der Waals surface area contributed by atoms with Gasteiger partial charge in [0.25, 0.3) is 5.56 Å². The van der Waals surface area contributed by atoms with Crippen LogP contribution in [0, 0.1) is 0 Å². The molecule has 0 spiro atoms. The molecule has 9 heteroatoms. The molecule has 0 saturated carbocycles. The molecule has 0 aliphatic carbocycles. The largest absolute Gasteiger partial charge is 0.493 e. The molecule has 0 atom stereocenters. The van der Waals surface area contributed by atoms with Crippen LogP contribution in [-0.2, 0) is 13.1 Å². The van der Waals surface area contributed by atoms with Crippen molar-refractivity contribution in [1.29, 1.82) is 0 Å². The van der Waals surface area contributed by atoms with Crippen molar-refractivity contribution in [3.8, 4) is 11.5 Å². The highest BCUT2D eigenvalue weighted by Crippen LogP contribution is 2.29. The number of rotatable bonds is 7. The molecule has 3 rings (SSSR count). The van der Waals surface area contributed by atoms with Crippen LogP contribution in [0.15, 0.2) is 41.2 Å². The Morgan fingerprint density at radius 3 is 2.68 bits per heavy atom. The summed E-state index contributed by atoms with van der Waals surface area (Å²) in [7, 11) is 3.23. The quantitative estimate of drug-likeness (QED) is 0.642. The lowest BCUT2D eigenvalue weighted by Crippen LogP contribution is -2.22. The number of hydrogen-bond acceptors (Lipinski definition) is 5. The molecule has 0 aliphatic heterocycles. The Kier molecular flexibility index (Phi) is 6.11. The number of hydrogen-bond donors (Lipinski definition) is 1. The topological polar surface area (TPSA) is 67.5 Å². The molecule has 0 unspecified atom stereocenters. The first-order chi connectivity index (χ1) is 13.4. The normalized spacial score (nSPS) is 11.4. The molecule has 1 heterocycles. The fourth-order valence-corrected chi connectivity index (χ4v) is 3.03. The van der Waals surface area contributed by atoms with Gasteiger partial charge in [0.15, 0.2) is 11.5 Å². The molecule has 2 aromatic carbocycles. The zero-order valence-electron chi connectivity index (χ0n) is 15.2. The van der Waals surface area contributed by atoms with Gasteiger partial charge in [-0.25, -0.2) is 4.98 Å². The number of methoxy groups -OCH3 is 1. The van der Waals surface area contributed by atoms with E-state index in [-0.39, 0.29) is 17.1 Å². The Hall–Kier alpha value is -2.71. The second kappa shape index (κ2) is 8.53. The molecule has 0 radical (unpaired) electrons. The molecule has 148 valence electrons. The van der Waals surface area contributed by atoms with Crippen molar-refractivity contribution < 1.29 is 18.3 Å². The summed E-state index contributed by atoms with van der Waals surface area (Å²) in [5, 5.41) is 0.971. The van der Waals surface area contributed by atoms with Gasteiger partial charge in [-0.3, -0.25) is 9.69 Å². The maximum Gasteiger partial charge on any atom is 0.387 e. The van der Waals surface area contributed by atoms with E-state index in [4.69, 9.17) is 16.3 Å². The molecular formula is C19H18ClF2N3O3. The molecule has 0 fully saturated rings. The van der Waals surface area contributed by atoms with Gasteiger partial charge in [-0.15, -0.1) is 0 Å². The Morgan fingerprint density at radius 2 is 1.96 bits per heavy atom. The van der Waals surface area contributed by atoms with Crippen molar-refractivity contribution in [2.45, 2.75) is 19.7 Å². The van der Waals surface area contributed by atoms with Crippen LogP contribution in [0.25, 0.3) is 10.9 Å². The molecule has 6 nitrogen and oxygen atoms in total. The maximum absolute atomic E-state index is 12.4. The van der Waals surface area contributed by atoms with E-state index in [9.17, 15) is 13.6 Å². The van der Waals surface area contributed by atoms with Crippen LogP contribution in [0.3, 0.4) is 0 Å². The number of nitrogens with one attached hydrogen (secondary N) is 1. The SMILES string of the molecule is COc1cc(CN(C)Cc2nc3cc(Cl)ccc3c(=O)[nH]2)ccc1OC(F)F. The van der Waals surface area contributed by atoms with E-state index < -0.39 is 6.61 Å². The van der Waals surface area contributed by atoms with Gasteiger partial charge in [0, 0.05) is 11.6 Å². The Bertz CT molecular complexity index is 1040. The summed E-state index contributed by atoms with van der Waals surface area (Å²) >= 11 is 5.98. The first-order valence-corrected chi connectivity index (χ1v) is 8.72. The van der Waals surface area contributed by atoms with Gasteiger partial charge in [-0.1, -0.05) is 17.7 Å². The molecule has 0 bridgehead atoms. The maximum atomic E-state index is 12.4. The van der Waals surface area contributed by atoms with Crippen LogP contribution in [-0.4, -0.2) is 35.6 Å². The molecule has 0 aliphatic rings. The summed E-state index contributed by atoms with van der Waals surface area (Å²) in [6.07, 6.45) is 0. The lowest BCUT2D eigenvalue weighted by Gasteiger charge is -2.17. The summed E-state index contributed by atoms with van der Waals surface area (Å²) in [5.41, 5.74) is 1.11. The predicted molar refractivity (Wildman–Crippen MR) is 102 cm³/mol. The van der Waals surface area contributed by atoms with E-state index in [0.717, 1.165) is 5.56 Å². The summed E-state index contributed by atoms with van der Waals surface area (Å²) in [6.45, 7) is -2.08. The van der Waals surface area contributed by atoms with E-state index in [0.29, 0.717) is 34.8 Å². The van der Waals surface area contributed by atoms with Crippen molar-refractivity contribution in [3.63, 3.8) is 0 Å². The molecule has 1 N–H and O–H groups in total. The number of nitrogens with zero attached hydrogens (tertiary/aromatic N) is 2. The third-order valence-electron chi connectivity index (χ3n) is 4.03.